The second-order valence-electron chi connectivity index (χ2n) is 5.70. The molecular formula is C17H24N2O3. The average molecular weight is 304 g/mol. The Bertz CT molecular complexity index is 634. The molecule has 1 unspecified atom stereocenters. The predicted octanol–water partition coefficient (Wildman–Crippen LogP) is 2.70. The summed E-state index contributed by atoms with van der Waals surface area (Å²) in [5, 5.41) is 13.0. The van der Waals surface area contributed by atoms with Gasteiger partial charge in [0.15, 0.2) is 0 Å². The van der Waals surface area contributed by atoms with E-state index in [9.17, 15) is 4.79 Å². The third kappa shape index (κ3) is 3.80. The first kappa shape index (κ1) is 16.4. The Balaban J connectivity index is 2.17. The van der Waals surface area contributed by atoms with Gasteiger partial charge in [-0.15, -0.1) is 0 Å². The van der Waals surface area contributed by atoms with Crippen LogP contribution in [0.4, 0.5) is 0 Å². The fourth-order valence-electron chi connectivity index (χ4n) is 2.44. The summed E-state index contributed by atoms with van der Waals surface area (Å²) in [5.74, 6) is 0.899. The highest BCUT2D eigenvalue weighted by atomic mass is 16.5. The molecule has 2 rings (SSSR count). The summed E-state index contributed by atoms with van der Waals surface area (Å²) in [6.45, 7) is 6.66. The van der Waals surface area contributed by atoms with E-state index >= 15 is 0 Å². The number of amides is 1. The van der Waals surface area contributed by atoms with Crippen molar-refractivity contribution in [2.75, 3.05) is 13.2 Å². The number of rotatable bonds is 7. The van der Waals surface area contributed by atoms with Crippen LogP contribution in [0.15, 0.2) is 24.3 Å². The van der Waals surface area contributed by atoms with Crippen LogP contribution in [0.3, 0.4) is 0 Å². The zero-order chi connectivity index (χ0) is 16.1. The van der Waals surface area contributed by atoms with E-state index < -0.39 is 0 Å². The molecule has 1 amide bonds. The van der Waals surface area contributed by atoms with E-state index in [2.05, 4.69) is 10.3 Å². The van der Waals surface area contributed by atoms with Crippen molar-refractivity contribution in [3.63, 3.8) is 0 Å². The molecule has 22 heavy (non-hydrogen) atoms. The summed E-state index contributed by atoms with van der Waals surface area (Å²) in [4.78, 5) is 15.5. The number of H-pyrrole nitrogens is 1. The van der Waals surface area contributed by atoms with Crippen molar-refractivity contribution in [1.29, 1.82) is 0 Å². The number of carbonyl (C=O) groups is 1. The van der Waals surface area contributed by atoms with Gasteiger partial charge >= 0.3 is 0 Å². The molecule has 120 valence electrons. The van der Waals surface area contributed by atoms with Crippen LogP contribution in [0.5, 0.6) is 5.75 Å². The maximum atomic E-state index is 12.4. The Morgan fingerprint density at radius 2 is 2.14 bits per heavy atom. The minimum atomic E-state index is -0.152. The molecule has 2 aromatic rings. The van der Waals surface area contributed by atoms with E-state index in [4.69, 9.17) is 9.84 Å². The average Bonchev–Trinajstić information content (AvgIpc) is 2.90. The second-order valence-corrected chi connectivity index (χ2v) is 5.70. The SMILES string of the molecule is CCOc1ccc2cc(C(=O)NC(CCO)C(C)C)[nH]c2c1. The normalized spacial score (nSPS) is 12.6. The van der Waals surface area contributed by atoms with Gasteiger partial charge in [-0.25, -0.2) is 0 Å². The molecule has 3 N–H and O–H groups in total. The van der Waals surface area contributed by atoms with Gasteiger partial charge in [-0.2, -0.15) is 0 Å². The third-order valence-corrected chi connectivity index (χ3v) is 3.71. The van der Waals surface area contributed by atoms with Crippen LogP contribution in [0.2, 0.25) is 0 Å². The first-order valence-corrected chi connectivity index (χ1v) is 7.72. The summed E-state index contributed by atoms with van der Waals surface area (Å²) in [6.07, 6.45) is 0.554. The van der Waals surface area contributed by atoms with E-state index in [1.165, 1.54) is 0 Å². The lowest BCUT2D eigenvalue weighted by Gasteiger charge is -2.21. The lowest BCUT2D eigenvalue weighted by atomic mass is 10.0. The number of fused-ring (bicyclic) bond motifs is 1. The van der Waals surface area contributed by atoms with Crippen LogP contribution in [0.1, 0.15) is 37.7 Å². The van der Waals surface area contributed by atoms with Crippen LogP contribution < -0.4 is 10.1 Å². The Kier molecular flexibility index (Phi) is 5.44. The Morgan fingerprint density at radius 1 is 1.36 bits per heavy atom. The number of aliphatic hydroxyl groups is 1. The molecule has 1 aromatic heterocycles. The lowest BCUT2D eigenvalue weighted by Crippen LogP contribution is -2.39. The summed E-state index contributed by atoms with van der Waals surface area (Å²) >= 11 is 0. The molecule has 0 bridgehead atoms. The molecule has 0 saturated carbocycles. The lowest BCUT2D eigenvalue weighted by molar-refractivity contribution is 0.0912. The second kappa shape index (κ2) is 7.31. The number of aromatic amines is 1. The van der Waals surface area contributed by atoms with Gasteiger partial charge in [0.1, 0.15) is 11.4 Å². The van der Waals surface area contributed by atoms with Crippen molar-refractivity contribution >= 4 is 16.8 Å². The van der Waals surface area contributed by atoms with Crippen molar-refractivity contribution in [3.8, 4) is 5.75 Å². The van der Waals surface area contributed by atoms with Gasteiger partial charge < -0.3 is 20.1 Å². The first-order valence-electron chi connectivity index (χ1n) is 7.72. The Labute approximate surface area is 130 Å². The Morgan fingerprint density at radius 3 is 2.77 bits per heavy atom. The van der Waals surface area contributed by atoms with E-state index in [-0.39, 0.29) is 24.5 Å². The number of hydrogen-bond acceptors (Lipinski definition) is 3. The monoisotopic (exact) mass is 304 g/mol. The van der Waals surface area contributed by atoms with Crippen LogP contribution >= 0.6 is 0 Å². The highest BCUT2D eigenvalue weighted by Gasteiger charge is 2.18. The standard InChI is InChI=1S/C17H24N2O3/c1-4-22-13-6-5-12-9-16(18-15(12)10-13)17(21)19-14(7-8-20)11(2)3/h5-6,9-11,14,18,20H,4,7-8H2,1-3H3,(H,19,21). The van der Waals surface area contributed by atoms with E-state index in [0.717, 1.165) is 16.7 Å². The molecule has 0 aliphatic carbocycles. The number of carbonyl (C=O) groups excluding carboxylic acids is 1. The number of nitrogens with one attached hydrogen (secondary N) is 2. The molecule has 1 aromatic carbocycles. The number of aliphatic hydroxyl groups excluding tert-OH is 1. The fraction of sp³-hybridized carbons (Fsp3) is 0.471. The molecule has 0 spiro atoms. The van der Waals surface area contributed by atoms with Crippen molar-refractivity contribution < 1.29 is 14.6 Å². The van der Waals surface area contributed by atoms with E-state index in [1.54, 1.807) is 0 Å². The van der Waals surface area contributed by atoms with Crippen molar-refractivity contribution in [1.82, 2.24) is 10.3 Å². The summed E-state index contributed by atoms with van der Waals surface area (Å²) in [6, 6.07) is 7.51. The molecule has 0 radical (unpaired) electrons. The summed E-state index contributed by atoms with van der Waals surface area (Å²) in [5.41, 5.74) is 1.39. The van der Waals surface area contributed by atoms with Crippen LogP contribution in [-0.2, 0) is 0 Å². The van der Waals surface area contributed by atoms with Crippen LogP contribution in [0.25, 0.3) is 10.9 Å². The van der Waals surface area contributed by atoms with Crippen molar-refractivity contribution in [3.05, 3.63) is 30.0 Å². The smallest absolute Gasteiger partial charge is 0.267 e. The number of ether oxygens (including phenoxy) is 1. The van der Waals surface area contributed by atoms with Gasteiger partial charge in [0.2, 0.25) is 0 Å². The minimum absolute atomic E-state index is 0.0390. The van der Waals surface area contributed by atoms with Crippen LogP contribution in [-0.4, -0.2) is 35.3 Å². The molecule has 0 aliphatic heterocycles. The maximum absolute atomic E-state index is 12.4. The van der Waals surface area contributed by atoms with Gasteiger partial charge in [0.05, 0.1) is 6.61 Å². The van der Waals surface area contributed by atoms with Gasteiger partial charge in [0, 0.05) is 29.6 Å². The van der Waals surface area contributed by atoms with Crippen molar-refractivity contribution in [2.45, 2.75) is 33.2 Å². The molecule has 1 heterocycles. The van der Waals surface area contributed by atoms with E-state index in [1.807, 2.05) is 45.0 Å². The van der Waals surface area contributed by atoms with Gasteiger partial charge in [-0.05, 0) is 37.5 Å². The molecular weight excluding hydrogens is 280 g/mol. The predicted molar refractivity (Wildman–Crippen MR) is 87.3 cm³/mol. The van der Waals surface area contributed by atoms with Gasteiger partial charge in [-0.1, -0.05) is 13.8 Å². The fourth-order valence-corrected chi connectivity index (χ4v) is 2.44. The zero-order valence-electron chi connectivity index (χ0n) is 13.3. The maximum Gasteiger partial charge on any atom is 0.267 e. The topological polar surface area (TPSA) is 74.3 Å². The molecule has 0 saturated heterocycles. The molecule has 0 fully saturated rings. The number of hydrogen-bond donors (Lipinski definition) is 3. The molecule has 1 atom stereocenters. The molecule has 0 aliphatic rings. The van der Waals surface area contributed by atoms with Gasteiger partial charge in [-0.3, -0.25) is 4.79 Å². The molecule has 5 nitrogen and oxygen atoms in total. The van der Waals surface area contributed by atoms with Crippen molar-refractivity contribution in [2.24, 2.45) is 5.92 Å². The molecule has 5 heteroatoms. The first-order chi connectivity index (χ1) is 10.5. The summed E-state index contributed by atoms with van der Waals surface area (Å²) in [7, 11) is 0. The quantitative estimate of drug-likeness (QED) is 0.736. The summed E-state index contributed by atoms with van der Waals surface area (Å²) < 4.78 is 5.46. The van der Waals surface area contributed by atoms with Gasteiger partial charge in [0.25, 0.3) is 5.91 Å². The number of aromatic nitrogens is 1. The highest BCUT2D eigenvalue weighted by molar-refractivity contribution is 5.98. The van der Waals surface area contributed by atoms with Crippen LogP contribution in [0, 0.1) is 5.92 Å². The number of benzene rings is 1. The third-order valence-electron chi connectivity index (χ3n) is 3.71. The Hall–Kier alpha value is -2.01. The van der Waals surface area contributed by atoms with E-state index in [0.29, 0.717) is 18.7 Å². The largest absolute Gasteiger partial charge is 0.494 e. The zero-order valence-corrected chi connectivity index (χ0v) is 13.3. The minimum Gasteiger partial charge on any atom is -0.494 e. The highest BCUT2D eigenvalue weighted by Crippen LogP contribution is 2.21.